The molecule has 12 heavy (non-hydrogen) atoms. The Morgan fingerprint density at radius 3 is 2.75 bits per heavy atom. The van der Waals surface area contributed by atoms with Crippen LogP contribution in [-0.2, 0) is 7.05 Å². The van der Waals surface area contributed by atoms with Crippen LogP contribution >= 0.6 is 0 Å². The number of nitrogens with zero attached hydrogens (tertiary/aromatic N) is 3. The summed E-state index contributed by atoms with van der Waals surface area (Å²) in [4.78, 5) is 8.52. The standard InChI is InChI=1S/C9H11N3/c1-6-4-5-10-9-8(6)12(3)7(2)11-9/h4-5H,1-3H3. The molecule has 0 spiro atoms. The van der Waals surface area contributed by atoms with Crippen LogP contribution in [0.2, 0.25) is 0 Å². The fraction of sp³-hybridized carbons (Fsp3) is 0.333. The van der Waals surface area contributed by atoms with Gasteiger partial charge in [0.1, 0.15) is 5.82 Å². The summed E-state index contributed by atoms with van der Waals surface area (Å²) in [5, 5.41) is 0. The number of pyridine rings is 1. The molecule has 0 fully saturated rings. The smallest absolute Gasteiger partial charge is 0.178 e. The Kier molecular flexibility index (Phi) is 1.40. The number of fused-ring (bicyclic) bond motifs is 1. The zero-order valence-electron chi connectivity index (χ0n) is 7.50. The average Bonchev–Trinajstić information content (AvgIpc) is 2.29. The SMILES string of the molecule is Cc1ccnc2nc(C)n(C)c12. The third-order valence-corrected chi connectivity index (χ3v) is 2.20. The molecule has 3 nitrogen and oxygen atoms in total. The first kappa shape index (κ1) is 7.28. The molecular weight excluding hydrogens is 150 g/mol. The van der Waals surface area contributed by atoms with Crippen molar-refractivity contribution in [2.24, 2.45) is 7.05 Å². The largest absolute Gasteiger partial charge is 0.330 e. The second-order valence-electron chi connectivity index (χ2n) is 3.02. The van der Waals surface area contributed by atoms with Crippen LogP contribution in [0.15, 0.2) is 12.3 Å². The molecular formula is C9H11N3. The van der Waals surface area contributed by atoms with E-state index in [2.05, 4.69) is 21.5 Å². The van der Waals surface area contributed by atoms with Crippen molar-refractivity contribution in [1.29, 1.82) is 0 Å². The van der Waals surface area contributed by atoms with E-state index in [0.717, 1.165) is 17.0 Å². The first-order valence-electron chi connectivity index (χ1n) is 3.95. The highest BCUT2D eigenvalue weighted by molar-refractivity contribution is 5.75. The number of aromatic nitrogens is 3. The lowest BCUT2D eigenvalue weighted by atomic mass is 10.3. The molecule has 0 bridgehead atoms. The highest BCUT2D eigenvalue weighted by atomic mass is 15.1. The number of imidazole rings is 1. The van der Waals surface area contributed by atoms with Crippen molar-refractivity contribution in [1.82, 2.24) is 14.5 Å². The molecule has 0 aliphatic carbocycles. The Hall–Kier alpha value is -1.38. The van der Waals surface area contributed by atoms with Gasteiger partial charge in [-0.2, -0.15) is 0 Å². The fourth-order valence-electron chi connectivity index (χ4n) is 1.42. The Labute approximate surface area is 71.1 Å². The van der Waals surface area contributed by atoms with Crippen LogP contribution in [0.3, 0.4) is 0 Å². The Bertz CT molecular complexity index is 429. The number of hydrogen-bond donors (Lipinski definition) is 0. The summed E-state index contributed by atoms with van der Waals surface area (Å²) in [6.45, 7) is 4.06. The van der Waals surface area contributed by atoms with Crippen LogP contribution in [0.5, 0.6) is 0 Å². The topological polar surface area (TPSA) is 30.7 Å². The molecule has 2 aromatic heterocycles. The van der Waals surface area contributed by atoms with Gasteiger partial charge in [0.15, 0.2) is 5.65 Å². The summed E-state index contributed by atoms with van der Waals surface area (Å²) in [7, 11) is 2.01. The Balaban J connectivity index is 2.97. The van der Waals surface area contributed by atoms with Crippen molar-refractivity contribution in [2.75, 3.05) is 0 Å². The van der Waals surface area contributed by atoms with Crippen LogP contribution in [0.1, 0.15) is 11.4 Å². The number of aryl methyl sites for hydroxylation is 3. The minimum Gasteiger partial charge on any atom is -0.330 e. The first-order chi connectivity index (χ1) is 5.70. The molecule has 0 unspecified atom stereocenters. The molecule has 62 valence electrons. The molecule has 0 saturated heterocycles. The number of rotatable bonds is 0. The van der Waals surface area contributed by atoms with Crippen molar-refractivity contribution < 1.29 is 0 Å². The lowest BCUT2D eigenvalue weighted by molar-refractivity contribution is 0.883. The van der Waals surface area contributed by atoms with Crippen molar-refractivity contribution in [3.05, 3.63) is 23.7 Å². The molecule has 2 rings (SSSR count). The fourth-order valence-corrected chi connectivity index (χ4v) is 1.42. The average molecular weight is 161 g/mol. The van der Waals surface area contributed by atoms with Crippen LogP contribution in [0.4, 0.5) is 0 Å². The quantitative estimate of drug-likeness (QED) is 0.587. The van der Waals surface area contributed by atoms with E-state index in [-0.39, 0.29) is 0 Å². The summed E-state index contributed by atoms with van der Waals surface area (Å²) < 4.78 is 2.07. The molecule has 0 amide bonds. The van der Waals surface area contributed by atoms with E-state index in [4.69, 9.17) is 0 Å². The van der Waals surface area contributed by atoms with Gasteiger partial charge in [-0.25, -0.2) is 9.97 Å². The third-order valence-electron chi connectivity index (χ3n) is 2.20. The molecule has 2 aromatic rings. The van der Waals surface area contributed by atoms with Gasteiger partial charge in [0.05, 0.1) is 5.52 Å². The second-order valence-corrected chi connectivity index (χ2v) is 3.02. The lowest BCUT2D eigenvalue weighted by Gasteiger charge is -1.98. The van der Waals surface area contributed by atoms with Gasteiger partial charge in [-0.15, -0.1) is 0 Å². The molecule has 0 saturated carbocycles. The van der Waals surface area contributed by atoms with Gasteiger partial charge in [-0.05, 0) is 25.5 Å². The van der Waals surface area contributed by atoms with Crippen LogP contribution in [-0.4, -0.2) is 14.5 Å². The van der Waals surface area contributed by atoms with Gasteiger partial charge in [-0.1, -0.05) is 0 Å². The van der Waals surface area contributed by atoms with E-state index in [0.29, 0.717) is 0 Å². The van der Waals surface area contributed by atoms with Gasteiger partial charge < -0.3 is 4.57 Å². The van der Waals surface area contributed by atoms with Crippen LogP contribution in [0.25, 0.3) is 11.2 Å². The van der Waals surface area contributed by atoms with Crippen LogP contribution < -0.4 is 0 Å². The molecule has 0 aliphatic heterocycles. The molecule has 0 N–H and O–H groups in total. The minimum atomic E-state index is 0.843. The zero-order chi connectivity index (χ0) is 8.72. The normalized spacial score (nSPS) is 10.9. The van der Waals surface area contributed by atoms with Gasteiger partial charge >= 0.3 is 0 Å². The Morgan fingerprint density at radius 2 is 2.08 bits per heavy atom. The second kappa shape index (κ2) is 2.30. The van der Waals surface area contributed by atoms with Crippen molar-refractivity contribution in [3.8, 4) is 0 Å². The monoisotopic (exact) mass is 161 g/mol. The maximum atomic E-state index is 4.33. The van der Waals surface area contributed by atoms with E-state index in [1.165, 1.54) is 5.56 Å². The van der Waals surface area contributed by atoms with Gasteiger partial charge in [0.25, 0.3) is 0 Å². The summed E-state index contributed by atoms with van der Waals surface area (Å²) in [6.07, 6.45) is 1.80. The van der Waals surface area contributed by atoms with Gasteiger partial charge in [0, 0.05) is 13.2 Å². The first-order valence-corrected chi connectivity index (χ1v) is 3.95. The van der Waals surface area contributed by atoms with E-state index >= 15 is 0 Å². The third kappa shape index (κ3) is 0.826. The molecule has 0 aliphatic rings. The van der Waals surface area contributed by atoms with E-state index in [1.807, 2.05) is 20.0 Å². The summed E-state index contributed by atoms with van der Waals surface area (Å²) >= 11 is 0. The predicted molar refractivity (Wildman–Crippen MR) is 48.0 cm³/mol. The summed E-state index contributed by atoms with van der Waals surface area (Å²) in [5.41, 5.74) is 3.20. The van der Waals surface area contributed by atoms with Crippen molar-refractivity contribution in [2.45, 2.75) is 13.8 Å². The van der Waals surface area contributed by atoms with E-state index < -0.39 is 0 Å². The molecule has 3 heteroatoms. The highest BCUT2D eigenvalue weighted by Gasteiger charge is 2.05. The Morgan fingerprint density at radius 1 is 1.33 bits per heavy atom. The molecule has 2 heterocycles. The highest BCUT2D eigenvalue weighted by Crippen LogP contribution is 2.15. The van der Waals surface area contributed by atoms with E-state index in [9.17, 15) is 0 Å². The maximum Gasteiger partial charge on any atom is 0.178 e. The molecule has 0 aromatic carbocycles. The molecule has 0 radical (unpaired) electrons. The number of hydrogen-bond acceptors (Lipinski definition) is 2. The summed E-state index contributed by atoms with van der Waals surface area (Å²) in [5.74, 6) is 1.01. The minimum absolute atomic E-state index is 0.843. The van der Waals surface area contributed by atoms with Crippen molar-refractivity contribution in [3.63, 3.8) is 0 Å². The predicted octanol–water partition coefficient (Wildman–Crippen LogP) is 1.59. The van der Waals surface area contributed by atoms with Gasteiger partial charge in [-0.3, -0.25) is 0 Å². The van der Waals surface area contributed by atoms with Crippen molar-refractivity contribution >= 4 is 11.2 Å². The lowest BCUT2D eigenvalue weighted by Crippen LogP contribution is -1.92. The van der Waals surface area contributed by atoms with E-state index in [1.54, 1.807) is 6.20 Å². The van der Waals surface area contributed by atoms with Crippen LogP contribution in [0, 0.1) is 13.8 Å². The molecule has 0 atom stereocenters. The van der Waals surface area contributed by atoms with Gasteiger partial charge in [0.2, 0.25) is 0 Å². The zero-order valence-corrected chi connectivity index (χ0v) is 7.50. The summed E-state index contributed by atoms with van der Waals surface area (Å²) in [6, 6.07) is 2.00. The maximum absolute atomic E-state index is 4.33.